The van der Waals surface area contributed by atoms with Crippen molar-refractivity contribution >= 4 is 20.7 Å². The molecule has 0 amide bonds. The quantitative estimate of drug-likeness (QED) is 0.369. The average Bonchev–Trinajstić information content (AvgIpc) is 1.89. The van der Waals surface area contributed by atoms with Crippen molar-refractivity contribution in [2.75, 3.05) is 5.75 Å². The van der Waals surface area contributed by atoms with Crippen LogP contribution in [0.5, 0.6) is 0 Å². The van der Waals surface area contributed by atoms with E-state index in [1.54, 1.807) is 0 Å². The second-order valence-electron chi connectivity index (χ2n) is 3.37. The van der Waals surface area contributed by atoms with E-state index in [0.29, 0.717) is 0 Å². The smallest absolute Gasteiger partial charge is 0.0709 e. The van der Waals surface area contributed by atoms with E-state index in [9.17, 15) is 0 Å². The highest BCUT2D eigenvalue weighted by Gasteiger charge is 2.13. The topological polar surface area (TPSA) is 0 Å². The first-order valence-electron chi connectivity index (χ1n) is 3.87. The summed E-state index contributed by atoms with van der Waals surface area (Å²) in [5.74, 6) is 1.03. The van der Waals surface area contributed by atoms with Gasteiger partial charge in [-0.15, -0.1) is 12.3 Å². The van der Waals surface area contributed by atoms with Crippen molar-refractivity contribution in [2.24, 2.45) is 0 Å². The van der Waals surface area contributed by atoms with Gasteiger partial charge in [0.25, 0.3) is 0 Å². The monoisotopic (exact) mass is 174 g/mol. The molecule has 0 unspecified atom stereocenters. The van der Waals surface area contributed by atoms with Crippen molar-refractivity contribution < 1.29 is 0 Å². The predicted molar refractivity (Wildman–Crippen MR) is 55.6 cm³/mol. The first-order valence-corrected chi connectivity index (χ1v) is 7.78. The maximum Gasteiger partial charge on any atom is 0.0709 e. The van der Waals surface area contributed by atoms with Crippen molar-refractivity contribution in [1.29, 1.82) is 0 Å². The van der Waals surface area contributed by atoms with Crippen LogP contribution in [0.3, 0.4) is 0 Å². The molecule has 0 aliphatic rings. The summed E-state index contributed by atoms with van der Waals surface area (Å²) in [6.45, 7) is 8.57. The summed E-state index contributed by atoms with van der Waals surface area (Å²) in [5, 5.41) is 0. The molecule has 0 saturated carbocycles. The van der Waals surface area contributed by atoms with Crippen molar-refractivity contribution in [3.63, 3.8) is 0 Å². The molecular formula is C8H18SSi. The molecule has 0 aliphatic heterocycles. The third-order valence-corrected chi connectivity index (χ3v) is 4.85. The maximum atomic E-state index is 4.17. The van der Waals surface area contributed by atoms with Crippen molar-refractivity contribution in [3.8, 4) is 0 Å². The molecule has 0 aromatic rings. The molecule has 10 heavy (non-hydrogen) atoms. The fourth-order valence-electron chi connectivity index (χ4n) is 0.794. The van der Waals surface area contributed by atoms with Gasteiger partial charge in [0.1, 0.15) is 0 Å². The van der Waals surface area contributed by atoms with Crippen LogP contribution in [-0.4, -0.2) is 13.8 Å². The van der Waals surface area contributed by atoms with Gasteiger partial charge in [-0.05, 0) is 12.2 Å². The number of unbranched alkanes of at least 4 members (excludes halogenated alkanes) is 1. The summed E-state index contributed by atoms with van der Waals surface area (Å²) in [4.78, 5) is 0. The number of hydrogen-bond acceptors (Lipinski definition) is 1. The lowest BCUT2D eigenvalue weighted by molar-refractivity contribution is 0.882. The maximum absolute atomic E-state index is 4.17. The normalized spacial score (nSPS) is 11.5. The summed E-state index contributed by atoms with van der Waals surface area (Å²) < 4.78 is 0. The Bertz CT molecular complexity index is 99.4. The minimum atomic E-state index is -0.985. The molecule has 0 fully saturated rings. The highest BCUT2D eigenvalue weighted by molar-refractivity contribution is 7.80. The van der Waals surface area contributed by atoms with Gasteiger partial charge in [-0.25, -0.2) is 0 Å². The molecule has 0 heterocycles. The van der Waals surface area contributed by atoms with Crippen LogP contribution in [0.15, 0.2) is 12.3 Å². The molecule has 0 saturated heterocycles. The highest BCUT2D eigenvalue weighted by Crippen LogP contribution is 2.14. The van der Waals surface area contributed by atoms with E-state index >= 15 is 0 Å². The van der Waals surface area contributed by atoms with Crippen molar-refractivity contribution in [1.82, 2.24) is 0 Å². The first kappa shape index (κ1) is 10.3. The average molecular weight is 174 g/mol. The van der Waals surface area contributed by atoms with Crippen LogP contribution in [-0.2, 0) is 0 Å². The lowest BCUT2D eigenvalue weighted by Gasteiger charge is -2.15. The summed E-state index contributed by atoms with van der Waals surface area (Å²) in [7, 11) is -0.985. The predicted octanol–water partition coefficient (Wildman–Crippen LogP) is 3.13. The molecule has 0 aromatic heterocycles. The number of rotatable bonds is 5. The van der Waals surface area contributed by atoms with Crippen LogP contribution in [0.25, 0.3) is 0 Å². The third kappa shape index (κ3) is 5.12. The zero-order valence-corrected chi connectivity index (χ0v) is 8.95. The molecule has 0 N–H and O–H groups in total. The van der Waals surface area contributed by atoms with E-state index < -0.39 is 8.07 Å². The Kier molecular flexibility index (Phi) is 5.18. The fraction of sp³-hybridized carbons (Fsp3) is 0.750. The second kappa shape index (κ2) is 5.02. The van der Waals surface area contributed by atoms with E-state index in [-0.39, 0.29) is 0 Å². The number of hydrogen-bond donors (Lipinski definition) is 1. The zero-order valence-electron chi connectivity index (χ0n) is 7.06. The Balaban J connectivity index is 3.37. The Morgan fingerprint density at radius 1 is 1.40 bits per heavy atom. The largest absolute Gasteiger partial charge is 0.179 e. The molecule has 0 radical (unpaired) electrons. The van der Waals surface area contributed by atoms with Gasteiger partial charge in [0.15, 0.2) is 0 Å². The van der Waals surface area contributed by atoms with Gasteiger partial charge >= 0.3 is 0 Å². The molecule has 0 nitrogen and oxygen atoms in total. The molecule has 60 valence electrons. The Morgan fingerprint density at radius 2 is 2.00 bits per heavy atom. The van der Waals surface area contributed by atoms with E-state index in [0.717, 1.165) is 5.75 Å². The van der Waals surface area contributed by atoms with E-state index in [1.807, 2.05) is 0 Å². The first-order chi connectivity index (χ1) is 4.62. The van der Waals surface area contributed by atoms with Crippen LogP contribution < -0.4 is 0 Å². The van der Waals surface area contributed by atoms with Crippen LogP contribution >= 0.6 is 12.6 Å². The Morgan fingerprint density at radius 3 is 2.40 bits per heavy atom. The van der Waals surface area contributed by atoms with Crippen LogP contribution in [0.4, 0.5) is 0 Å². The molecule has 0 atom stereocenters. The van der Waals surface area contributed by atoms with Crippen LogP contribution in [0.2, 0.25) is 19.1 Å². The molecule has 0 spiro atoms. The minimum Gasteiger partial charge on any atom is -0.179 e. The molecule has 0 rings (SSSR count). The van der Waals surface area contributed by atoms with Gasteiger partial charge < -0.3 is 0 Å². The van der Waals surface area contributed by atoms with Gasteiger partial charge in [-0.2, -0.15) is 12.6 Å². The van der Waals surface area contributed by atoms with E-state index in [2.05, 4.69) is 38.0 Å². The highest BCUT2D eigenvalue weighted by atomic mass is 32.1. The SMILES string of the molecule is C=C[Si](C)(C)CCCCS. The molecular weight excluding hydrogens is 156 g/mol. The Labute approximate surface area is 71.1 Å². The second-order valence-corrected chi connectivity index (χ2v) is 8.71. The summed E-state index contributed by atoms with van der Waals surface area (Å²) in [6, 6.07) is 1.37. The van der Waals surface area contributed by atoms with Gasteiger partial charge in [0, 0.05) is 0 Å². The van der Waals surface area contributed by atoms with Crippen molar-refractivity contribution in [3.05, 3.63) is 12.3 Å². The van der Waals surface area contributed by atoms with Gasteiger partial charge in [-0.3, -0.25) is 0 Å². The van der Waals surface area contributed by atoms with Gasteiger partial charge in [-0.1, -0.05) is 25.6 Å². The Hall–Kier alpha value is 0.307. The molecule has 2 heteroatoms. The van der Waals surface area contributed by atoms with E-state index in [1.165, 1.54) is 18.9 Å². The standard InChI is InChI=1S/C8H18SSi/c1-4-10(2,3)8-6-5-7-9/h4,9H,1,5-8H2,2-3H3. The van der Waals surface area contributed by atoms with Gasteiger partial charge in [0.05, 0.1) is 8.07 Å². The fourth-order valence-corrected chi connectivity index (χ4v) is 2.38. The summed E-state index contributed by atoms with van der Waals surface area (Å²) in [6.07, 6.45) is 2.59. The lowest BCUT2D eigenvalue weighted by Crippen LogP contribution is -2.21. The molecule has 0 aromatic carbocycles. The van der Waals surface area contributed by atoms with E-state index in [4.69, 9.17) is 0 Å². The van der Waals surface area contributed by atoms with Crippen LogP contribution in [0, 0.1) is 0 Å². The van der Waals surface area contributed by atoms with Gasteiger partial charge in [0.2, 0.25) is 0 Å². The third-order valence-electron chi connectivity index (χ3n) is 1.78. The lowest BCUT2D eigenvalue weighted by atomic mass is 10.4. The molecule has 0 bridgehead atoms. The summed E-state index contributed by atoms with van der Waals surface area (Å²) in [5.41, 5.74) is 2.17. The minimum absolute atomic E-state index is 0.985. The zero-order chi connectivity index (χ0) is 8.04. The summed E-state index contributed by atoms with van der Waals surface area (Å²) >= 11 is 4.17. The van der Waals surface area contributed by atoms with Crippen molar-refractivity contribution in [2.45, 2.75) is 32.0 Å². The molecule has 0 aliphatic carbocycles. The number of thiol groups is 1. The van der Waals surface area contributed by atoms with Crippen LogP contribution in [0.1, 0.15) is 12.8 Å².